The molecule has 2 rings (SSSR count). The van der Waals surface area contributed by atoms with Gasteiger partial charge in [0, 0.05) is 25.3 Å². The number of aliphatic hydroxyl groups is 1. The number of rotatable bonds is 6. The molecule has 1 saturated heterocycles. The van der Waals surface area contributed by atoms with Crippen LogP contribution >= 0.6 is 0 Å². The molecule has 1 aromatic rings. The third kappa shape index (κ3) is 4.82. The van der Waals surface area contributed by atoms with Gasteiger partial charge in [-0.05, 0) is 37.0 Å². The lowest BCUT2D eigenvalue weighted by molar-refractivity contribution is -0.00748. The summed E-state index contributed by atoms with van der Waals surface area (Å²) in [6.45, 7) is 3.86. The van der Waals surface area contributed by atoms with Crippen LogP contribution in [0.1, 0.15) is 18.4 Å². The Hall–Kier alpha value is -1.10. The second kappa shape index (κ2) is 7.48. The van der Waals surface area contributed by atoms with Crippen LogP contribution in [0.2, 0.25) is 0 Å². The summed E-state index contributed by atoms with van der Waals surface area (Å²) in [6.07, 6.45) is 3.55. The first-order valence-corrected chi connectivity index (χ1v) is 7.07. The van der Waals surface area contributed by atoms with Crippen LogP contribution in [0.3, 0.4) is 0 Å². The molecule has 0 saturated carbocycles. The van der Waals surface area contributed by atoms with Crippen LogP contribution in [0.15, 0.2) is 24.3 Å². The van der Waals surface area contributed by atoms with Crippen LogP contribution < -0.4 is 5.73 Å². The highest BCUT2D eigenvalue weighted by atomic mass is 16.5. The van der Waals surface area contributed by atoms with Crippen molar-refractivity contribution in [1.29, 1.82) is 0 Å². The zero-order chi connectivity index (χ0) is 13.5. The first-order chi connectivity index (χ1) is 9.28. The van der Waals surface area contributed by atoms with Crippen LogP contribution in [-0.4, -0.2) is 49.0 Å². The summed E-state index contributed by atoms with van der Waals surface area (Å²) in [7, 11) is 0. The molecule has 19 heavy (non-hydrogen) atoms. The van der Waals surface area contributed by atoms with Gasteiger partial charge in [-0.2, -0.15) is 0 Å². The van der Waals surface area contributed by atoms with Crippen molar-refractivity contribution in [1.82, 2.24) is 4.90 Å². The van der Waals surface area contributed by atoms with E-state index >= 15 is 0 Å². The van der Waals surface area contributed by atoms with Gasteiger partial charge in [0.1, 0.15) is 0 Å². The molecular formula is C15H24N2O2. The Morgan fingerprint density at radius 2 is 1.89 bits per heavy atom. The van der Waals surface area contributed by atoms with Gasteiger partial charge >= 0.3 is 0 Å². The molecule has 0 aliphatic carbocycles. The SMILES string of the molecule is Nc1ccc(CCN2CCC(OCCO)CC2)cc1. The van der Waals surface area contributed by atoms with E-state index in [1.54, 1.807) is 0 Å². The quantitative estimate of drug-likeness (QED) is 0.760. The number of anilines is 1. The van der Waals surface area contributed by atoms with E-state index in [9.17, 15) is 0 Å². The van der Waals surface area contributed by atoms with Gasteiger partial charge < -0.3 is 20.5 Å². The van der Waals surface area contributed by atoms with E-state index in [0.29, 0.717) is 12.7 Å². The van der Waals surface area contributed by atoms with Crippen LogP contribution in [0.25, 0.3) is 0 Å². The van der Waals surface area contributed by atoms with Gasteiger partial charge in [-0.25, -0.2) is 0 Å². The Morgan fingerprint density at radius 1 is 1.21 bits per heavy atom. The lowest BCUT2D eigenvalue weighted by atomic mass is 10.1. The minimum Gasteiger partial charge on any atom is -0.399 e. The number of hydrogen-bond acceptors (Lipinski definition) is 4. The molecule has 106 valence electrons. The summed E-state index contributed by atoms with van der Waals surface area (Å²) in [5, 5.41) is 8.73. The fourth-order valence-corrected chi connectivity index (χ4v) is 2.49. The minimum atomic E-state index is 0.122. The lowest BCUT2D eigenvalue weighted by Crippen LogP contribution is -2.38. The first kappa shape index (κ1) is 14.3. The van der Waals surface area contributed by atoms with Gasteiger partial charge in [0.25, 0.3) is 0 Å². The molecule has 0 spiro atoms. The van der Waals surface area contributed by atoms with Crippen molar-refractivity contribution in [2.45, 2.75) is 25.4 Å². The van der Waals surface area contributed by atoms with Crippen LogP contribution in [-0.2, 0) is 11.2 Å². The molecule has 0 bridgehead atoms. The molecule has 0 aromatic heterocycles. The number of hydrogen-bond donors (Lipinski definition) is 2. The van der Waals surface area contributed by atoms with Crippen molar-refractivity contribution >= 4 is 5.69 Å². The Kier molecular flexibility index (Phi) is 5.63. The Morgan fingerprint density at radius 3 is 2.53 bits per heavy atom. The zero-order valence-electron chi connectivity index (χ0n) is 11.4. The summed E-state index contributed by atoms with van der Waals surface area (Å²) < 4.78 is 5.57. The smallest absolute Gasteiger partial charge is 0.0701 e. The maximum Gasteiger partial charge on any atom is 0.0701 e. The fraction of sp³-hybridized carbons (Fsp3) is 0.600. The van der Waals surface area contributed by atoms with Gasteiger partial charge in [-0.15, -0.1) is 0 Å². The number of aliphatic hydroxyl groups excluding tert-OH is 1. The maximum absolute atomic E-state index is 8.73. The highest BCUT2D eigenvalue weighted by molar-refractivity contribution is 5.39. The van der Waals surface area contributed by atoms with Gasteiger partial charge in [-0.1, -0.05) is 12.1 Å². The number of ether oxygens (including phenoxy) is 1. The average molecular weight is 264 g/mol. The number of nitrogen functional groups attached to an aromatic ring is 1. The monoisotopic (exact) mass is 264 g/mol. The minimum absolute atomic E-state index is 0.122. The molecule has 0 amide bonds. The van der Waals surface area contributed by atoms with Crippen molar-refractivity contribution in [3.05, 3.63) is 29.8 Å². The van der Waals surface area contributed by atoms with Gasteiger partial charge in [0.2, 0.25) is 0 Å². The fourth-order valence-electron chi connectivity index (χ4n) is 2.49. The predicted molar refractivity (Wildman–Crippen MR) is 77.1 cm³/mol. The molecule has 1 aliphatic rings. The third-order valence-electron chi connectivity index (χ3n) is 3.68. The van der Waals surface area contributed by atoms with Crippen molar-refractivity contribution in [2.75, 3.05) is 38.6 Å². The number of nitrogens with two attached hydrogens (primary N) is 1. The third-order valence-corrected chi connectivity index (χ3v) is 3.68. The summed E-state index contributed by atoms with van der Waals surface area (Å²) in [6, 6.07) is 8.13. The van der Waals surface area contributed by atoms with E-state index in [2.05, 4.69) is 17.0 Å². The van der Waals surface area contributed by atoms with E-state index in [-0.39, 0.29) is 6.61 Å². The number of piperidine rings is 1. The molecule has 1 aliphatic heterocycles. The Bertz CT molecular complexity index is 359. The second-order valence-corrected chi connectivity index (χ2v) is 5.13. The summed E-state index contributed by atoms with van der Waals surface area (Å²) >= 11 is 0. The molecule has 0 atom stereocenters. The molecule has 4 nitrogen and oxygen atoms in total. The second-order valence-electron chi connectivity index (χ2n) is 5.13. The molecule has 1 aromatic carbocycles. The Balaban J connectivity index is 1.67. The van der Waals surface area contributed by atoms with Crippen LogP contribution in [0, 0.1) is 0 Å². The summed E-state index contributed by atoms with van der Waals surface area (Å²) in [5.74, 6) is 0. The summed E-state index contributed by atoms with van der Waals surface area (Å²) in [5.41, 5.74) is 7.84. The summed E-state index contributed by atoms with van der Waals surface area (Å²) in [4.78, 5) is 2.48. The van der Waals surface area contributed by atoms with E-state index in [1.807, 2.05) is 12.1 Å². The highest BCUT2D eigenvalue weighted by Gasteiger charge is 2.18. The van der Waals surface area contributed by atoms with Crippen molar-refractivity contribution in [3.8, 4) is 0 Å². The predicted octanol–water partition coefficient (Wildman–Crippen LogP) is 1.28. The number of likely N-dealkylation sites (tertiary alicyclic amines) is 1. The van der Waals surface area contributed by atoms with Gasteiger partial charge in [-0.3, -0.25) is 0 Å². The molecule has 3 N–H and O–H groups in total. The highest BCUT2D eigenvalue weighted by Crippen LogP contribution is 2.14. The zero-order valence-corrected chi connectivity index (χ0v) is 11.4. The van der Waals surface area contributed by atoms with E-state index in [1.165, 1.54) is 5.56 Å². The normalized spacial score (nSPS) is 17.7. The maximum atomic E-state index is 8.73. The van der Waals surface area contributed by atoms with E-state index < -0.39 is 0 Å². The molecule has 4 heteroatoms. The Labute approximate surface area is 115 Å². The number of benzene rings is 1. The topological polar surface area (TPSA) is 58.7 Å². The van der Waals surface area contributed by atoms with E-state index in [4.69, 9.17) is 15.6 Å². The van der Waals surface area contributed by atoms with Crippen molar-refractivity contribution < 1.29 is 9.84 Å². The molecule has 0 radical (unpaired) electrons. The lowest BCUT2D eigenvalue weighted by Gasteiger charge is -2.31. The molecule has 1 fully saturated rings. The van der Waals surface area contributed by atoms with Gasteiger partial charge in [0.05, 0.1) is 19.3 Å². The standard InChI is InChI=1S/C15H24N2O2/c16-14-3-1-13(2-4-14)5-8-17-9-6-15(7-10-17)19-12-11-18/h1-4,15,18H,5-12,16H2. The van der Waals surface area contributed by atoms with Crippen molar-refractivity contribution in [2.24, 2.45) is 0 Å². The van der Waals surface area contributed by atoms with Gasteiger partial charge in [0.15, 0.2) is 0 Å². The van der Waals surface area contributed by atoms with Crippen LogP contribution in [0.4, 0.5) is 5.69 Å². The van der Waals surface area contributed by atoms with Crippen molar-refractivity contribution in [3.63, 3.8) is 0 Å². The number of nitrogens with zero attached hydrogens (tertiary/aromatic N) is 1. The molecule has 1 heterocycles. The van der Waals surface area contributed by atoms with E-state index in [0.717, 1.165) is 44.6 Å². The molecular weight excluding hydrogens is 240 g/mol. The average Bonchev–Trinajstić information content (AvgIpc) is 2.46. The van der Waals surface area contributed by atoms with Crippen LogP contribution in [0.5, 0.6) is 0 Å². The molecule has 0 unspecified atom stereocenters. The largest absolute Gasteiger partial charge is 0.399 e. The first-order valence-electron chi connectivity index (χ1n) is 7.07.